The predicted octanol–water partition coefficient (Wildman–Crippen LogP) is 3.69. The van der Waals surface area contributed by atoms with E-state index in [4.69, 9.17) is 14.2 Å². The Balaban J connectivity index is 2.01. The Morgan fingerprint density at radius 2 is 1.58 bits per heavy atom. The zero-order valence-corrected chi connectivity index (χ0v) is 15.4. The fraction of sp³-hybridized carbons (Fsp3) is 0.333. The van der Waals surface area contributed by atoms with Crippen LogP contribution in [0.4, 0.5) is 0 Å². The third-order valence-corrected chi connectivity index (χ3v) is 3.68. The summed E-state index contributed by atoms with van der Waals surface area (Å²) in [6.45, 7) is 5.51. The molecular formula is C21H24O5. The largest absolute Gasteiger partial charge is 0.476 e. The number of benzene rings is 2. The van der Waals surface area contributed by atoms with E-state index in [1.807, 2.05) is 36.4 Å². The highest BCUT2D eigenvalue weighted by atomic mass is 16.6. The van der Waals surface area contributed by atoms with Crippen molar-refractivity contribution in [3.63, 3.8) is 0 Å². The quantitative estimate of drug-likeness (QED) is 0.675. The number of rotatable bonds is 8. The van der Waals surface area contributed by atoms with Crippen molar-refractivity contribution in [1.29, 1.82) is 0 Å². The van der Waals surface area contributed by atoms with Crippen LogP contribution < -0.4 is 4.74 Å². The summed E-state index contributed by atoms with van der Waals surface area (Å²) in [6, 6.07) is 16.6. The van der Waals surface area contributed by atoms with Crippen molar-refractivity contribution in [2.24, 2.45) is 0 Å². The number of esters is 2. The van der Waals surface area contributed by atoms with Gasteiger partial charge in [-0.25, -0.2) is 4.79 Å². The van der Waals surface area contributed by atoms with Crippen LogP contribution in [0.2, 0.25) is 0 Å². The number of hydrogen-bond acceptors (Lipinski definition) is 5. The molecule has 0 N–H and O–H groups in total. The first-order valence-electron chi connectivity index (χ1n) is 8.56. The molecule has 0 aliphatic heterocycles. The Labute approximate surface area is 153 Å². The van der Waals surface area contributed by atoms with Crippen molar-refractivity contribution in [3.8, 4) is 5.75 Å². The topological polar surface area (TPSA) is 61.8 Å². The lowest BCUT2D eigenvalue weighted by molar-refractivity contribution is -0.158. The number of carbonyl (C=O) groups is 2. The summed E-state index contributed by atoms with van der Waals surface area (Å²) in [5.41, 5.74) is 0.428. The monoisotopic (exact) mass is 356 g/mol. The normalized spacial score (nSPS) is 10.9. The van der Waals surface area contributed by atoms with E-state index in [1.54, 1.807) is 39.0 Å². The van der Waals surface area contributed by atoms with Gasteiger partial charge < -0.3 is 14.2 Å². The average Bonchev–Trinajstić information content (AvgIpc) is 2.62. The van der Waals surface area contributed by atoms with Gasteiger partial charge in [-0.05, 0) is 32.4 Å². The van der Waals surface area contributed by atoms with Gasteiger partial charge in [-0.1, -0.05) is 48.5 Å². The molecule has 0 aliphatic rings. The molecule has 2 aromatic rings. The van der Waals surface area contributed by atoms with Gasteiger partial charge in [0.2, 0.25) is 0 Å². The lowest BCUT2D eigenvalue weighted by Crippen LogP contribution is -2.40. The summed E-state index contributed by atoms with van der Waals surface area (Å²) in [6.07, 6.45) is 0.0575. The lowest BCUT2D eigenvalue weighted by Gasteiger charge is -2.25. The molecule has 0 aliphatic carbocycles. The van der Waals surface area contributed by atoms with E-state index in [2.05, 4.69) is 0 Å². The third-order valence-electron chi connectivity index (χ3n) is 3.68. The first-order valence-corrected chi connectivity index (χ1v) is 8.56. The van der Waals surface area contributed by atoms with Crippen molar-refractivity contribution in [3.05, 3.63) is 65.7 Å². The number of hydrogen-bond donors (Lipinski definition) is 0. The lowest BCUT2D eigenvalue weighted by atomic mass is 10.1. The molecule has 2 rings (SSSR count). The van der Waals surface area contributed by atoms with E-state index in [0.29, 0.717) is 11.3 Å². The summed E-state index contributed by atoms with van der Waals surface area (Å²) in [7, 11) is 0. The van der Waals surface area contributed by atoms with E-state index in [9.17, 15) is 9.59 Å². The maximum Gasteiger partial charge on any atom is 0.349 e. The summed E-state index contributed by atoms with van der Waals surface area (Å²) in [4.78, 5) is 24.2. The van der Waals surface area contributed by atoms with E-state index in [1.165, 1.54) is 0 Å². The molecule has 0 aromatic heterocycles. The van der Waals surface area contributed by atoms with Crippen LogP contribution in [0.3, 0.4) is 0 Å². The van der Waals surface area contributed by atoms with Crippen LogP contribution in [0.25, 0.3) is 0 Å². The Kier molecular flexibility index (Phi) is 6.78. The molecule has 0 fully saturated rings. The molecule has 5 nitrogen and oxygen atoms in total. The molecule has 0 radical (unpaired) electrons. The summed E-state index contributed by atoms with van der Waals surface area (Å²) in [5.74, 6) is -0.359. The van der Waals surface area contributed by atoms with Crippen LogP contribution in [0.1, 0.15) is 31.9 Å². The van der Waals surface area contributed by atoms with Gasteiger partial charge in [-0.3, -0.25) is 4.79 Å². The molecule has 0 amide bonds. The second-order valence-corrected chi connectivity index (χ2v) is 6.26. The molecule has 0 saturated heterocycles. The fourth-order valence-electron chi connectivity index (χ4n) is 2.32. The maximum atomic E-state index is 12.2. The first kappa shape index (κ1) is 19.5. The fourth-order valence-corrected chi connectivity index (χ4v) is 2.32. The highest BCUT2D eigenvalue weighted by Gasteiger charge is 2.32. The van der Waals surface area contributed by atoms with Gasteiger partial charge in [-0.2, -0.15) is 0 Å². The van der Waals surface area contributed by atoms with Gasteiger partial charge in [0.15, 0.2) is 5.60 Å². The SMILES string of the molecule is CCOC(=O)C(C)(C)Oc1ccccc1CC(=O)OCc1ccccc1. The smallest absolute Gasteiger partial charge is 0.349 e. The van der Waals surface area contributed by atoms with Gasteiger partial charge in [-0.15, -0.1) is 0 Å². The van der Waals surface area contributed by atoms with E-state index in [-0.39, 0.29) is 25.6 Å². The van der Waals surface area contributed by atoms with E-state index < -0.39 is 11.6 Å². The zero-order chi connectivity index (χ0) is 19.0. The molecule has 0 saturated carbocycles. The van der Waals surface area contributed by atoms with Crippen LogP contribution >= 0.6 is 0 Å². The number of para-hydroxylation sites is 1. The molecule has 0 atom stereocenters. The van der Waals surface area contributed by atoms with Gasteiger partial charge in [0.05, 0.1) is 13.0 Å². The third kappa shape index (κ3) is 5.62. The molecule has 0 unspecified atom stereocenters. The van der Waals surface area contributed by atoms with Crippen LogP contribution in [0, 0.1) is 0 Å². The Bertz CT molecular complexity index is 737. The van der Waals surface area contributed by atoms with Crippen LogP contribution in [-0.2, 0) is 32.1 Å². The second kappa shape index (κ2) is 9.04. The van der Waals surface area contributed by atoms with Gasteiger partial charge in [0.1, 0.15) is 12.4 Å². The zero-order valence-electron chi connectivity index (χ0n) is 15.4. The van der Waals surface area contributed by atoms with E-state index in [0.717, 1.165) is 5.56 Å². The molecule has 26 heavy (non-hydrogen) atoms. The van der Waals surface area contributed by atoms with Crippen molar-refractivity contribution in [2.45, 2.75) is 39.4 Å². The summed E-state index contributed by atoms with van der Waals surface area (Å²) < 4.78 is 16.2. The molecule has 0 heterocycles. The highest BCUT2D eigenvalue weighted by Crippen LogP contribution is 2.25. The van der Waals surface area contributed by atoms with Gasteiger partial charge in [0.25, 0.3) is 0 Å². The average molecular weight is 356 g/mol. The standard InChI is InChI=1S/C21H24O5/c1-4-24-20(23)21(2,3)26-18-13-9-8-12-17(18)14-19(22)25-15-16-10-6-5-7-11-16/h5-13H,4,14-15H2,1-3H3. The maximum absolute atomic E-state index is 12.2. The number of ether oxygens (including phenoxy) is 3. The Hall–Kier alpha value is -2.82. The molecular weight excluding hydrogens is 332 g/mol. The minimum Gasteiger partial charge on any atom is -0.476 e. The van der Waals surface area contributed by atoms with Crippen molar-refractivity contribution < 1.29 is 23.8 Å². The Morgan fingerprint density at radius 3 is 2.27 bits per heavy atom. The molecule has 2 aromatic carbocycles. The molecule has 0 spiro atoms. The van der Waals surface area contributed by atoms with Crippen LogP contribution in [0.15, 0.2) is 54.6 Å². The summed E-state index contributed by atoms with van der Waals surface area (Å²) in [5, 5.41) is 0. The summed E-state index contributed by atoms with van der Waals surface area (Å²) >= 11 is 0. The van der Waals surface area contributed by atoms with E-state index >= 15 is 0 Å². The molecule has 138 valence electrons. The van der Waals surface area contributed by atoms with Crippen LogP contribution in [-0.4, -0.2) is 24.1 Å². The van der Waals surface area contributed by atoms with Crippen molar-refractivity contribution in [1.82, 2.24) is 0 Å². The first-order chi connectivity index (χ1) is 12.4. The van der Waals surface area contributed by atoms with Crippen LogP contribution in [0.5, 0.6) is 5.75 Å². The molecule has 0 bridgehead atoms. The van der Waals surface area contributed by atoms with Gasteiger partial charge >= 0.3 is 11.9 Å². The Morgan fingerprint density at radius 1 is 0.923 bits per heavy atom. The van der Waals surface area contributed by atoms with Gasteiger partial charge in [0, 0.05) is 5.56 Å². The highest BCUT2D eigenvalue weighted by molar-refractivity contribution is 5.79. The minimum absolute atomic E-state index is 0.0575. The predicted molar refractivity (Wildman–Crippen MR) is 97.7 cm³/mol. The second-order valence-electron chi connectivity index (χ2n) is 6.26. The minimum atomic E-state index is -1.15. The van der Waals surface area contributed by atoms with Crippen molar-refractivity contribution >= 4 is 11.9 Å². The number of carbonyl (C=O) groups excluding carboxylic acids is 2. The molecule has 5 heteroatoms. The van der Waals surface area contributed by atoms with Crippen molar-refractivity contribution in [2.75, 3.05) is 6.61 Å².